The number of carbonyl (C=O) groups excluding carboxylic acids is 1. The van der Waals surface area contributed by atoms with Crippen molar-refractivity contribution in [1.82, 2.24) is 0 Å². The fraction of sp³-hybridized carbons (Fsp3) is 0.525. The summed E-state index contributed by atoms with van der Waals surface area (Å²) in [4.78, 5) is 12.9. The molecule has 3 rings (SSSR count). The van der Waals surface area contributed by atoms with Crippen LogP contribution in [-0.2, 0) is 9.53 Å². The molecule has 1 aliphatic heterocycles. The van der Waals surface area contributed by atoms with Crippen molar-refractivity contribution in [3.63, 3.8) is 0 Å². The molecule has 1 N–H and O–H groups in total. The molecule has 43 heavy (non-hydrogen) atoms. The number of hydrogen-bond acceptors (Lipinski definition) is 3. The lowest BCUT2D eigenvalue weighted by Crippen LogP contribution is -2.41. The smallest absolute Gasteiger partial charge is 0.162 e. The van der Waals surface area contributed by atoms with Crippen molar-refractivity contribution in [3.8, 4) is 0 Å². The minimum absolute atomic E-state index is 0.00166. The third-order valence-electron chi connectivity index (χ3n) is 10.4. The molecule has 3 heteroatoms. The summed E-state index contributed by atoms with van der Waals surface area (Å²) in [5.74, 6) is 0.0903. The van der Waals surface area contributed by atoms with E-state index < -0.39 is 11.5 Å². The normalized spacial score (nSPS) is 33.5. The van der Waals surface area contributed by atoms with Crippen molar-refractivity contribution >= 4 is 5.78 Å². The second kappa shape index (κ2) is 13.5. The molecule has 2 saturated carbocycles. The lowest BCUT2D eigenvalue weighted by atomic mass is 9.64. The van der Waals surface area contributed by atoms with Crippen LogP contribution >= 0.6 is 0 Å². The maximum atomic E-state index is 12.9. The Morgan fingerprint density at radius 3 is 1.67 bits per heavy atom. The summed E-state index contributed by atoms with van der Waals surface area (Å²) in [6.45, 7) is 21.4. The van der Waals surface area contributed by atoms with E-state index in [2.05, 4.69) is 110 Å². The molecular formula is C40H56O3. The highest BCUT2D eigenvalue weighted by molar-refractivity contribution is 5.95. The van der Waals surface area contributed by atoms with E-state index in [4.69, 9.17) is 4.74 Å². The fourth-order valence-electron chi connectivity index (χ4n) is 6.96. The molecule has 3 nitrogen and oxygen atoms in total. The summed E-state index contributed by atoms with van der Waals surface area (Å²) in [6.07, 6.45) is 33.2. The zero-order valence-electron chi connectivity index (χ0n) is 28.5. The van der Waals surface area contributed by atoms with Crippen LogP contribution in [0.1, 0.15) is 101 Å². The molecule has 0 aromatic rings. The Kier molecular flexibility index (Phi) is 10.9. The number of ketones is 1. The van der Waals surface area contributed by atoms with Crippen LogP contribution in [0, 0.1) is 16.2 Å². The predicted molar refractivity (Wildman–Crippen MR) is 183 cm³/mol. The number of aliphatic hydroxyl groups excluding tert-OH is 1. The van der Waals surface area contributed by atoms with Gasteiger partial charge in [0.05, 0.1) is 11.7 Å². The van der Waals surface area contributed by atoms with Gasteiger partial charge in [0.15, 0.2) is 5.78 Å². The van der Waals surface area contributed by atoms with Crippen LogP contribution in [-0.4, -0.2) is 28.2 Å². The Morgan fingerprint density at radius 1 is 0.651 bits per heavy atom. The van der Waals surface area contributed by atoms with Gasteiger partial charge in [-0.3, -0.25) is 4.79 Å². The van der Waals surface area contributed by atoms with Crippen LogP contribution in [0.2, 0.25) is 0 Å². The van der Waals surface area contributed by atoms with Crippen LogP contribution in [0.4, 0.5) is 0 Å². The molecule has 1 saturated heterocycles. The predicted octanol–water partition coefficient (Wildman–Crippen LogP) is 10.0. The number of ether oxygens (including phenoxy) is 1. The van der Waals surface area contributed by atoms with Gasteiger partial charge in [0.2, 0.25) is 0 Å². The molecule has 0 aromatic heterocycles. The quantitative estimate of drug-likeness (QED) is 0.149. The average Bonchev–Trinajstić information content (AvgIpc) is 3.48. The van der Waals surface area contributed by atoms with Crippen molar-refractivity contribution < 1.29 is 14.6 Å². The van der Waals surface area contributed by atoms with E-state index in [0.29, 0.717) is 12.8 Å². The monoisotopic (exact) mass is 584 g/mol. The summed E-state index contributed by atoms with van der Waals surface area (Å²) < 4.78 is 6.33. The second-order valence-corrected chi connectivity index (χ2v) is 14.9. The summed E-state index contributed by atoms with van der Waals surface area (Å²) in [5.41, 5.74) is 3.86. The van der Waals surface area contributed by atoms with Crippen LogP contribution in [0.3, 0.4) is 0 Å². The van der Waals surface area contributed by atoms with Gasteiger partial charge < -0.3 is 9.84 Å². The van der Waals surface area contributed by atoms with E-state index in [1.165, 1.54) is 24.0 Å². The first kappa shape index (κ1) is 34.7. The van der Waals surface area contributed by atoms with Crippen LogP contribution in [0.25, 0.3) is 0 Å². The van der Waals surface area contributed by atoms with E-state index in [1.807, 2.05) is 38.2 Å². The first-order chi connectivity index (χ1) is 20.0. The summed E-state index contributed by atoms with van der Waals surface area (Å²) in [7, 11) is 0. The largest absolute Gasteiger partial charge is 0.393 e. The molecule has 1 heterocycles. The molecule has 0 amide bonds. The van der Waals surface area contributed by atoms with Gasteiger partial charge in [0.25, 0.3) is 0 Å². The highest BCUT2D eigenvalue weighted by Gasteiger charge is 2.73. The zero-order chi connectivity index (χ0) is 32.1. The second-order valence-electron chi connectivity index (χ2n) is 14.9. The molecule has 4 atom stereocenters. The maximum absolute atomic E-state index is 12.9. The molecule has 2 aliphatic carbocycles. The third-order valence-corrected chi connectivity index (χ3v) is 10.4. The van der Waals surface area contributed by atoms with Crippen LogP contribution in [0.15, 0.2) is 107 Å². The zero-order valence-corrected chi connectivity index (χ0v) is 28.5. The Morgan fingerprint density at radius 2 is 1.16 bits per heavy atom. The van der Waals surface area contributed by atoms with Crippen molar-refractivity contribution in [2.75, 3.05) is 0 Å². The lowest BCUT2D eigenvalue weighted by Gasteiger charge is -2.36. The van der Waals surface area contributed by atoms with Crippen LogP contribution < -0.4 is 0 Å². The van der Waals surface area contributed by atoms with Gasteiger partial charge in [-0.2, -0.15) is 0 Å². The Labute approximate surface area is 262 Å². The molecule has 3 aliphatic rings. The average molecular weight is 585 g/mol. The maximum Gasteiger partial charge on any atom is 0.162 e. The van der Waals surface area contributed by atoms with Gasteiger partial charge in [0, 0.05) is 10.8 Å². The van der Waals surface area contributed by atoms with E-state index >= 15 is 0 Å². The number of carbonyl (C=O) groups is 1. The number of rotatable bonds is 11. The number of hydrogen-bond donors (Lipinski definition) is 1. The first-order valence-electron chi connectivity index (χ1n) is 16.0. The van der Waals surface area contributed by atoms with E-state index in [9.17, 15) is 9.90 Å². The van der Waals surface area contributed by atoms with Crippen molar-refractivity contribution in [3.05, 3.63) is 107 Å². The SMILES string of the molecule is CC(C=CC(=O)[C@]1(C)C[C@@H](O)CC1(C)C)=CC=CC(C)=C/C=C/C=C(C)/C=C/C=C(C)/C=C/[C@@]12O[C@]1(C)CCCC2(C)C. The summed E-state index contributed by atoms with van der Waals surface area (Å²) in [6, 6.07) is 0. The summed E-state index contributed by atoms with van der Waals surface area (Å²) in [5, 5.41) is 10.1. The topological polar surface area (TPSA) is 49.8 Å². The molecule has 0 spiro atoms. The van der Waals surface area contributed by atoms with Gasteiger partial charge in [-0.1, -0.05) is 130 Å². The molecule has 3 fully saturated rings. The van der Waals surface area contributed by atoms with Gasteiger partial charge in [-0.15, -0.1) is 0 Å². The van der Waals surface area contributed by atoms with Crippen molar-refractivity contribution in [2.45, 2.75) is 119 Å². The highest BCUT2D eigenvalue weighted by atomic mass is 16.6. The number of aliphatic hydroxyl groups is 1. The van der Waals surface area contributed by atoms with Gasteiger partial charge in [-0.05, 0) is 84.3 Å². The van der Waals surface area contributed by atoms with Crippen molar-refractivity contribution in [1.29, 1.82) is 0 Å². The Balaban J connectivity index is 1.48. The van der Waals surface area contributed by atoms with Gasteiger partial charge in [-0.25, -0.2) is 0 Å². The number of fused-ring (bicyclic) bond motifs is 1. The van der Waals surface area contributed by atoms with E-state index in [0.717, 1.165) is 17.6 Å². The number of epoxide rings is 1. The van der Waals surface area contributed by atoms with E-state index in [-0.39, 0.29) is 27.8 Å². The summed E-state index contributed by atoms with van der Waals surface area (Å²) >= 11 is 0. The highest BCUT2D eigenvalue weighted by Crippen LogP contribution is 2.66. The van der Waals surface area contributed by atoms with E-state index in [1.54, 1.807) is 6.08 Å². The van der Waals surface area contributed by atoms with Gasteiger partial charge in [0.1, 0.15) is 5.60 Å². The minimum atomic E-state index is -0.527. The van der Waals surface area contributed by atoms with Gasteiger partial charge >= 0.3 is 0 Å². The first-order valence-corrected chi connectivity index (χ1v) is 16.0. The van der Waals surface area contributed by atoms with Crippen molar-refractivity contribution in [2.24, 2.45) is 16.2 Å². The molecule has 0 radical (unpaired) electrons. The standard InChI is InChI=1S/C40H56O3/c1-30(18-13-20-32(3)22-23-35(42)38(9)29-34(41)28-37(38,7)8)16-11-12-17-31(2)19-14-21-33(4)24-27-40-36(5,6)25-15-26-39(40,10)43-40/h11-14,16-24,27,34,41H,15,25-26,28-29H2,1-10H3/b12-11+,18-13?,19-14+,23-22?,27-24+,30-16?,31-17+,32-20?,33-21+/t34-,38-,39+,40-/m0/s1. The Hall–Kier alpha value is -2.75. The van der Waals surface area contributed by atoms with Crippen LogP contribution in [0.5, 0.6) is 0 Å². The minimum Gasteiger partial charge on any atom is -0.393 e. The lowest BCUT2D eigenvalue weighted by molar-refractivity contribution is -0.127. The molecule has 234 valence electrons. The third kappa shape index (κ3) is 8.05. The molecule has 0 aromatic carbocycles. The Bertz CT molecular complexity index is 1320. The molecular weight excluding hydrogens is 528 g/mol. The molecule has 0 bridgehead atoms. The fourth-order valence-corrected chi connectivity index (χ4v) is 6.96. The molecule has 0 unspecified atom stereocenters. The number of allylic oxidation sites excluding steroid dienone is 17.